The highest BCUT2D eigenvalue weighted by Crippen LogP contribution is 2.40. The number of hydrogen-bond acceptors (Lipinski definition) is 3. The van der Waals surface area contributed by atoms with Crippen LogP contribution in [0.4, 0.5) is 4.39 Å². The van der Waals surface area contributed by atoms with Crippen molar-refractivity contribution >= 4 is 16.8 Å². The first-order valence-electron chi connectivity index (χ1n) is 8.76. The summed E-state index contributed by atoms with van der Waals surface area (Å²) in [6.07, 6.45) is 4.25. The molecule has 0 radical (unpaired) electrons. The molecule has 1 aromatic heterocycles. The number of pyridine rings is 1. The molecule has 2 aromatic rings. The standard InChI is InChI=1S/C19H22FN3O/c1-11-16(3-2-8-21-11)23-19(24)15-10-18(12-4-5-12)22-17-7-6-13(20)9-14(15)17/h6-7,9-12,16,21H,2-5,8H2,1H3,(H,23,24). The normalized spacial score (nSPS) is 24.1. The number of nitrogens with zero attached hydrogens (tertiary/aromatic N) is 1. The maximum atomic E-state index is 13.7. The van der Waals surface area contributed by atoms with Crippen molar-refractivity contribution in [2.75, 3.05) is 6.54 Å². The van der Waals surface area contributed by atoms with Crippen molar-refractivity contribution in [3.8, 4) is 0 Å². The van der Waals surface area contributed by atoms with Crippen molar-refractivity contribution in [3.63, 3.8) is 0 Å². The van der Waals surface area contributed by atoms with E-state index >= 15 is 0 Å². The molecule has 2 N–H and O–H groups in total. The molecule has 5 heteroatoms. The average molecular weight is 327 g/mol. The zero-order valence-corrected chi connectivity index (χ0v) is 13.8. The van der Waals surface area contributed by atoms with Crippen molar-refractivity contribution in [2.24, 2.45) is 0 Å². The molecule has 24 heavy (non-hydrogen) atoms. The number of hydrogen-bond donors (Lipinski definition) is 2. The lowest BCUT2D eigenvalue weighted by Crippen LogP contribution is -2.51. The molecule has 1 saturated carbocycles. The number of benzene rings is 1. The second kappa shape index (κ2) is 6.13. The lowest BCUT2D eigenvalue weighted by molar-refractivity contribution is 0.0921. The van der Waals surface area contributed by atoms with Gasteiger partial charge in [-0.2, -0.15) is 0 Å². The molecule has 1 aliphatic carbocycles. The Balaban J connectivity index is 1.70. The number of carbonyl (C=O) groups is 1. The van der Waals surface area contributed by atoms with Gasteiger partial charge in [0.1, 0.15) is 5.82 Å². The summed E-state index contributed by atoms with van der Waals surface area (Å²) in [6, 6.07) is 6.69. The molecule has 2 aliphatic rings. The maximum Gasteiger partial charge on any atom is 0.252 e. The number of fused-ring (bicyclic) bond motifs is 1. The monoisotopic (exact) mass is 327 g/mol. The molecular formula is C19H22FN3O. The Labute approximate surface area is 140 Å². The van der Waals surface area contributed by atoms with Crippen LogP contribution in [0.3, 0.4) is 0 Å². The van der Waals surface area contributed by atoms with Gasteiger partial charge >= 0.3 is 0 Å². The van der Waals surface area contributed by atoms with Gasteiger partial charge < -0.3 is 10.6 Å². The topological polar surface area (TPSA) is 54.0 Å². The van der Waals surface area contributed by atoms with Crippen LogP contribution in [0.25, 0.3) is 10.9 Å². The van der Waals surface area contributed by atoms with E-state index in [9.17, 15) is 9.18 Å². The SMILES string of the molecule is CC1NCCCC1NC(=O)c1cc(C2CC2)nc2ccc(F)cc12. The van der Waals surface area contributed by atoms with Gasteiger partial charge in [0.05, 0.1) is 11.1 Å². The zero-order valence-electron chi connectivity index (χ0n) is 13.8. The van der Waals surface area contributed by atoms with E-state index in [4.69, 9.17) is 0 Å². The van der Waals surface area contributed by atoms with Crippen LogP contribution < -0.4 is 10.6 Å². The number of piperidine rings is 1. The molecule has 1 aromatic carbocycles. The third-order valence-electron chi connectivity index (χ3n) is 5.11. The van der Waals surface area contributed by atoms with Gasteiger partial charge in [-0.05, 0) is 63.4 Å². The Bertz CT molecular complexity index is 788. The quantitative estimate of drug-likeness (QED) is 0.911. The van der Waals surface area contributed by atoms with Gasteiger partial charge in [-0.1, -0.05) is 0 Å². The summed E-state index contributed by atoms with van der Waals surface area (Å²) >= 11 is 0. The van der Waals surface area contributed by atoms with Gasteiger partial charge in [0.2, 0.25) is 0 Å². The van der Waals surface area contributed by atoms with E-state index in [0.29, 0.717) is 22.4 Å². The molecule has 2 heterocycles. The molecule has 0 spiro atoms. The van der Waals surface area contributed by atoms with Gasteiger partial charge in [0.25, 0.3) is 5.91 Å². The van der Waals surface area contributed by atoms with E-state index in [1.807, 2.05) is 6.07 Å². The van der Waals surface area contributed by atoms with E-state index in [0.717, 1.165) is 37.9 Å². The fraction of sp³-hybridized carbons (Fsp3) is 0.474. The lowest BCUT2D eigenvalue weighted by Gasteiger charge is -2.30. The number of aromatic nitrogens is 1. The average Bonchev–Trinajstić information content (AvgIpc) is 3.41. The fourth-order valence-electron chi connectivity index (χ4n) is 3.48. The van der Waals surface area contributed by atoms with Crippen molar-refractivity contribution in [1.29, 1.82) is 0 Å². The Morgan fingerprint density at radius 2 is 2.12 bits per heavy atom. The second-order valence-corrected chi connectivity index (χ2v) is 7.00. The number of halogens is 1. The second-order valence-electron chi connectivity index (χ2n) is 7.00. The van der Waals surface area contributed by atoms with Gasteiger partial charge in [-0.3, -0.25) is 9.78 Å². The maximum absolute atomic E-state index is 13.7. The van der Waals surface area contributed by atoms with Crippen LogP contribution in [0.5, 0.6) is 0 Å². The highest BCUT2D eigenvalue weighted by Gasteiger charge is 2.28. The third-order valence-corrected chi connectivity index (χ3v) is 5.11. The molecule has 2 unspecified atom stereocenters. The van der Waals surface area contributed by atoms with Gasteiger partial charge in [-0.15, -0.1) is 0 Å². The number of carbonyl (C=O) groups excluding carboxylic acids is 1. The van der Waals surface area contributed by atoms with E-state index in [1.54, 1.807) is 6.07 Å². The highest BCUT2D eigenvalue weighted by molar-refractivity contribution is 6.06. The van der Waals surface area contributed by atoms with Gasteiger partial charge in [0, 0.05) is 29.1 Å². The van der Waals surface area contributed by atoms with Gasteiger partial charge in [-0.25, -0.2) is 4.39 Å². The highest BCUT2D eigenvalue weighted by atomic mass is 19.1. The number of nitrogens with one attached hydrogen (secondary N) is 2. The first kappa shape index (κ1) is 15.5. The molecule has 1 aliphatic heterocycles. The van der Waals surface area contributed by atoms with Crippen LogP contribution in [-0.4, -0.2) is 29.5 Å². The summed E-state index contributed by atoms with van der Waals surface area (Å²) < 4.78 is 13.7. The third kappa shape index (κ3) is 3.00. The van der Waals surface area contributed by atoms with Crippen LogP contribution in [0.1, 0.15) is 54.6 Å². The summed E-state index contributed by atoms with van der Waals surface area (Å²) in [5.74, 6) is -0.0260. The van der Waals surface area contributed by atoms with Crippen molar-refractivity contribution < 1.29 is 9.18 Å². The fourth-order valence-corrected chi connectivity index (χ4v) is 3.48. The van der Waals surface area contributed by atoms with Crippen LogP contribution in [0.2, 0.25) is 0 Å². The van der Waals surface area contributed by atoms with Crippen LogP contribution in [0.15, 0.2) is 24.3 Å². The number of rotatable bonds is 3. The lowest BCUT2D eigenvalue weighted by atomic mass is 9.98. The Kier molecular flexibility index (Phi) is 3.96. The molecule has 0 bridgehead atoms. The molecule has 2 fully saturated rings. The largest absolute Gasteiger partial charge is 0.348 e. The molecule has 4 rings (SSSR count). The number of amides is 1. The minimum absolute atomic E-state index is 0.104. The van der Waals surface area contributed by atoms with E-state index in [1.165, 1.54) is 12.1 Å². The van der Waals surface area contributed by atoms with E-state index < -0.39 is 0 Å². The summed E-state index contributed by atoms with van der Waals surface area (Å²) in [7, 11) is 0. The minimum atomic E-state index is -0.342. The Morgan fingerprint density at radius 3 is 2.88 bits per heavy atom. The minimum Gasteiger partial charge on any atom is -0.348 e. The molecule has 126 valence electrons. The van der Waals surface area contributed by atoms with Gasteiger partial charge in [0.15, 0.2) is 0 Å². The zero-order chi connectivity index (χ0) is 16.7. The van der Waals surface area contributed by atoms with Crippen LogP contribution in [-0.2, 0) is 0 Å². The summed E-state index contributed by atoms with van der Waals surface area (Å²) in [5.41, 5.74) is 2.19. The van der Waals surface area contributed by atoms with E-state index in [-0.39, 0.29) is 23.8 Å². The molecular weight excluding hydrogens is 305 g/mol. The van der Waals surface area contributed by atoms with Crippen LogP contribution >= 0.6 is 0 Å². The van der Waals surface area contributed by atoms with Crippen molar-refractivity contribution in [1.82, 2.24) is 15.6 Å². The Morgan fingerprint density at radius 1 is 1.29 bits per heavy atom. The van der Waals surface area contributed by atoms with Crippen LogP contribution in [0, 0.1) is 5.82 Å². The molecule has 2 atom stereocenters. The first-order valence-corrected chi connectivity index (χ1v) is 8.76. The smallest absolute Gasteiger partial charge is 0.252 e. The molecule has 1 amide bonds. The molecule has 1 saturated heterocycles. The van der Waals surface area contributed by atoms with E-state index in [2.05, 4.69) is 22.5 Å². The summed E-state index contributed by atoms with van der Waals surface area (Å²) in [4.78, 5) is 17.5. The summed E-state index contributed by atoms with van der Waals surface area (Å²) in [6.45, 7) is 3.08. The first-order chi connectivity index (χ1) is 11.6. The summed E-state index contributed by atoms with van der Waals surface area (Å²) in [5, 5.41) is 7.11. The van der Waals surface area contributed by atoms with Crippen molar-refractivity contribution in [2.45, 2.75) is 50.6 Å². The predicted molar refractivity (Wildman–Crippen MR) is 91.6 cm³/mol. The Hall–Kier alpha value is -2.01. The molecule has 4 nitrogen and oxygen atoms in total. The van der Waals surface area contributed by atoms with Crippen molar-refractivity contribution in [3.05, 3.63) is 41.3 Å². The predicted octanol–water partition coefficient (Wildman–Crippen LogP) is 3.12.